The Labute approximate surface area is 182 Å². The van der Waals surface area contributed by atoms with Gasteiger partial charge in [-0.25, -0.2) is 4.98 Å². The molecular weight excluding hydrogens is 416 g/mol. The van der Waals surface area contributed by atoms with Gasteiger partial charge in [-0.1, -0.05) is 48.2 Å². The van der Waals surface area contributed by atoms with E-state index in [1.54, 1.807) is 10.9 Å². The van der Waals surface area contributed by atoms with Gasteiger partial charge in [-0.2, -0.15) is 4.68 Å². The Morgan fingerprint density at radius 1 is 1.13 bits per heavy atom. The van der Waals surface area contributed by atoms with Crippen LogP contribution in [0, 0.1) is 13.8 Å². The van der Waals surface area contributed by atoms with Crippen LogP contribution in [0.25, 0.3) is 5.69 Å². The van der Waals surface area contributed by atoms with E-state index in [2.05, 4.69) is 44.9 Å². The first-order valence-electron chi connectivity index (χ1n) is 9.36. The van der Waals surface area contributed by atoms with Crippen LogP contribution in [0.3, 0.4) is 0 Å². The number of carbonyl (C=O) groups excluding carboxylic acids is 1. The SMILES string of the molecule is Cc1ccc(-n2nnnc2SCC(=O)Nc2ncc(Cc3ccccc3)s2)cc1C. The topological polar surface area (TPSA) is 85.6 Å². The maximum atomic E-state index is 12.4. The molecule has 0 atom stereocenters. The Morgan fingerprint density at radius 3 is 2.77 bits per heavy atom. The average Bonchev–Trinajstić information content (AvgIpc) is 3.39. The molecule has 7 nitrogen and oxygen atoms in total. The zero-order valence-electron chi connectivity index (χ0n) is 16.6. The van der Waals surface area contributed by atoms with Crippen LogP contribution in [-0.4, -0.2) is 36.9 Å². The van der Waals surface area contributed by atoms with E-state index in [1.807, 2.05) is 43.3 Å². The van der Waals surface area contributed by atoms with E-state index in [-0.39, 0.29) is 11.7 Å². The Kier molecular flexibility index (Phi) is 6.20. The fourth-order valence-corrected chi connectivity index (χ4v) is 4.37. The van der Waals surface area contributed by atoms with Gasteiger partial charge in [0.25, 0.3) is 0 Å². The fraction of sp³-hybridized carbons (Fsp3) is 0.190. The number of thiazole rings is 1. The minimum atomic E-state index is -0.143. The molecule has 1 amide bonds. The van der Waals surface area contributed by atoms with Crippen molar-refractivity contribution in [1.82, 2.24) is 25.2 Å². The highest BCUT2D eigenvalue weighted by Crippen LogP contribution is 2.23. The van der Waals surface area contributed by atoms with Crippen LogP contribution in [0.5, 0.6) is 0 Å². The third-order valence-corrected chi connectivity index (χ3v) is 6.36. The van der Waals surface area contributed by atoms with Crippen LogP contribution < -0.4 is 5.32 Å². The predicted molar refractivity (Wildman–Crippen MR) is 119 cm³/mol. The van der Waals surface area contributed by atoms with Gasteiger partial charge in [0.1, 0.15) is 0 Å². The number of thioether (sulfide) groups is 1. The highest BCUT2D eigenvalue weighted by molar-refractivity contribution is 7.99. The zero-order chi connectivity index (χ0) is 20.9. The number of benzene rings is 2. The number of rotatable bonds is 7. The third-order valence-electron chi connectivity index (χ3n) is 4.53. The molecule has 2 aromatic heterocycles. The first-order chi connectivity index (χ1) is 14.6. The summed E-state index contributed by atoms with van der Waals surface area (Å²) in [5, 5.41) is 15.9. The second kappa shape index (κ2) is 9.19. The highest BCUT2D eigenvalue weighted by Gasteiger charge is 2.13. The normalized spacial score (nSPS) is 10.9. The van der Waals surface area contributed by atoms with E-state index in [0.717, 1.165) is 22.5 Å². The number of amides is 1. The van der Waals surface area contributed by atoms with Gasteiger partial charge in [-0.15, -0.1) is 16.4 Å². The van der Waals surface area contributed by atoms with Crippen molar-refractivity contribution in [3.05, 3.63) is 76.3 Å². The molecule has 4 rings (SSSR count). The van der Waals surface area contributed by atoms with Gasteiger partial charge < -0.3 is 5.32 Å². The molecule has 0 saturated heterocycles. The molecule has 1 N–H and O–H groups in total. The molecule has 152 valence electrons. The molecule has 30 heavy (non-hydrogen) atoms. The van der Waals surface area contributed by atoms with Gasteiger partial charge in [0, 0.05) is 17.5 Å². The molecule has 0 aliphatic rings. The van der Waals surface area contributed by atoms with E-state index < -0.39 is 0 Å². The van der Waals surface area contributed by atoms with Crippen LogP contribution >= 0.6 is 23.1 Å². The molecular formula is C21H20N6OS2. The van der Waals surface area contributed by atoms with Gasteiger partial charge in [0.15, 0.2) is 5.13 Å². The van der Waals surface area contributed by atoms with Crippen molar-refractivity contribution in [3.8, 4) is 5.69 Å². The average molecular weight is 437 g/mol. The summed E-state index contributed by atoms with van der Waals surface area (Å²) in [7, 11) is 0. The van der Waals surface area contributed by atoms with Crippen LogP contribution in [0.2, 0.25) is 0 Å². The molecule has 0 unspecified atom stereocenters. The lowest BCUT2D eigenvalue weighted by Crippen LogP contribution is -2.14. The second-order valence-electron chi connectivity index (χ2n) is 6.77. The quantitative estimate of drug-likeness (QED) is 0.440. The molecule has 9 heteroatoms. The van der Waals surface area contributed by atoms with Crippen molar-refractivity contribution in [2.75, 3.05) is 11.1 Å². The molecule has 2 heterocycles. The fourth-order valence-electron chi connectivity index (χ4n) is 2.82. The van der Waals surface area contributed by atoms with Crippen molar-refractivity contribution < 1.29 is 4.79 Å². The lowest BCUT2D eigenvalue weighted by molar-refractivity contribution is -0.113. The standard InChI is InChI=1S/C21H20N6OS2/c1-14-8-9-17(10-15(14)2)27-21(24-25-26-27)29-13-19(28)23-20-22-12-18(30-20)11-16-6-4-3-5-7-16/h3-10,12H,11,13H2,1-2H3,(H,22,23,28). The Morgan fingerprint density at radius 2 is 1.97 bits per heavy atom. The molecule has 0 aliphatic carbocycles. The Balaban J connectivity index is 1.35. The predicted octanol–water partition coefficient (Wildman–Crippen LogP) is 4.06. The number of nitrogens with one attached hydrogen (secondary N) is 1. The lowest BCUT2D eigenvalue weighted by atomic mass is 10.1. The van der Waals surface area contributed by atoms with Gasteiger partial charge in [0.2, 0.25) is 11.1 Å². The first kappa shape index (κ1) is 20.2. The Bertz CT molecular complexity index is 1160. The number of tetrazole rings is 1. The molecule has 0 fully saturated rings. The monoisotopic (exact) mass is 436 g/mol. The van der Waals surface area contributed by atoms with Gasteiger partial charge >= 0.3 is 0 Å². The molecule has 0 aliphatic heterocycles. The van der Waals surface area contributed by atoms with Crippen LogP contribution in [0.1, 0.15) is 21.6 Å². The molecule has 0 bridgehead atoms. The van der Waals surface area contributed by atoms with Gasteiger partial charge in [0.05, 0.1) is 11.4 Å². The number of anilines is 1. The summed E-state index contributed by atoms with van der Waals surface area (Å²) < 4.78 is 1.64. The number of hydrogen-bond donors (Lipinski definition) is 1. The Hall–Kier alpha value is -3.04. The first-order valence-corrected chi connectivity index (χ1v) is 11.2. The molecule has 0 radical (unpaired) electrons. The van der Waals surface area contributed by atoms with Crippen molar-refractivity contribution in [3.63, 3.8) is 0 Å². The molecule has 0 spiro atoms. The smallest absolute Gasteiger partial charge is 0.236 e. The van der Waals surface area contributed by atoms with E-state index in [9.17, 15) is 4.79 Å². The maximum Gasteiger partial charge on any atom is 0.236 e. The van der Waals surface area contributed by atoms with Gasteiger partial charge in [-0.3, -0.25) is 4.79 Å². The van der Waals surface area contributed by atoms with Crippen molar-refractivity contribution in [1.29, 1.82) is 0 Å². The van der Waals surface area contributed by atoms with Crippen LogP contribution in [0.15, 0.2) is 59.9 Å². The van der Waals surface area contributed by atoms with Crippen molar-refractivity contribution in [2.45, 2.75) is 25.4 Å². The summed E-state index contributed by atoms with van der Waals surface area (Å²) in [6.07, 6.45) is 2.61. The summed E-state index contributed by atoms with van der Waals surface area (Å²) in [5.41, 5.74) is 4.45. The van der Waals surface area contributed by atoms with Crippen LogP contribution in [-0.2, 0) is 11.2 Å². The van der Waals surface area contributed by atoms with Crippen molar-refractivity contribution >= 4 is 34.1 Å². The summed E-state index contributed by atoms with van der Waals surface area (Å²) >= 11 is 2.77. The lowest BCUT2D eigenvalue weighted by Gasteiger charge is -2.07. The molecule has 2 aromatic carbocycles. The van der Waals surface area contributed by atoms with Crippen LogP contribution in [0.4, 0.5) is 5.13 Å². The minimum Gasteiger partial charge on any atom is -0.301 e. The second-order valence-corrected chi connectivity index (χ2v) is 8.83. The summed E-state index contributed by atoms with van der Waals surface area (Å²) in [5.74, 6) is 0.0500. The number of hydrogen-bond acceptors (Lipinski definition) is 7. The summed E-state index contributed by atoms with van der Waals surface area (Å²) in [6, 6.07) is 16.2. The number of nitrogens with zero attached hydrogens (tertiary/aromatic N) is 5. The number of aromatic nitrogens is 5. The number of carbonyl (C=O) groups is 1. The van der Waals surface area contributed by atoms with Gasteiger partial charge in [-0.05, 0) is 53.1 Å². The van der Waals surface area contributed by atoms with E-state index in [4.69, 9.17) is 0 Å². The van der Waals surface area contributed by atoms with Crippen molar-refractivity contribution in [2.24, 2.45) is 0 Å². The minimum absolute atomic E-state index is 0.143. The largest absolute Gasteiger partial charge is 0.301 e. The third kappa shape index (κ3) is 4.92. The highest BCUT2D eigenvalue weighted by atomic mass is 32.2. The summed E-state index contributed by atoms with van der Waals surface area (Å²) in [6.45, 7) is 4.10. The summed E-state index contributed by atoms with van der Waals surface area (Å²) in [4.78, 5) is 17.8. The van der Waals surface area contributed by atoms with E-state index in [0.29, 0.717) is 10.3 Å². The maximum absolute atomic E-state index is 12.4. The number of aryl methyl sites for hydroxylation is 2. The molecule has 4 aromatic rings. The zero-order valence-corrected chi connectivity index (χ0v) is 18.2. The molecule has 0 saturated carbocycles. The van der Waals surface area contributed by atoms with E-state index in [1.165, 1.54) is 34.2 Å². The van der Waals surface area contributed by atoms with E-state index >= 15 is 0 Å².